The number of Topliss-reactive ketones (excluding diaryl/α,β-unsaturated/α-hetero) is 2. The fourth-order valence-electron chi connectivity index (χ4n) is 2.05. The first-order valence-corrected chi connectivity index (χ1v) is 5.74. The second-order valence-electron chi connectivity index (χ2n) is 4.09. The fourth-order valence-corrected chi connectivity index (χ4v) is 2.05. The molecule has 0 unspecified atom stereocenters. The van der Waals surface area contributed by atoms with Gasteiger partial charge in [-0.25, -0.2) is 4.39 Å². The van der Waals surface area contributed by atoms with Gasteiger partial charge in [0.25, 0.3) is 0 Å². The van der Waals surface area contributed by atoms with Crippen LogP contribution in [0, 0.1) is 5.82 Å². The molecule has 0 bridgehead atoms. The third kappa shape index (κ3) is 2.18. The number of allylic oxidation sites excluding steroid dienone is 2. The third-order valence-corrected chi connectivity index (χ3v) is 2.96. The lowest BCUT2D eigenvalue weighted by molar-refractivity contribution is -0.116. The Kier molecular flexibility index (Phi) is 3.55. The van der Waals surface area contributed by atoms with Crippen LogP contribution in [0.5, 0.6) is 0 Å². The zero-order valence-corrected chi connectivity index (χ0v) is 10.0. The summed E-state index contributed by atoms with van der Waals surface area (Å²) in [5.41, 5.74) is -0.0915. The van der Waals surface area contributed by atoms with E-state index in [0.29, 0.717) is 25.0 Å². The SMILES string of the molecule is COC1=C(C(=O)c2ccccc2F)C(=O)CCC1. The highest BCUT2D eigenvalue weighted by Gasteiger charge is 2.29. The average Bonchev–Trinajstić information content (AvgIpc) is 2.38. The van der Waals surface area contributed by atoms with Crippen LogP contribution in [0.2, 0.25) is 0 Å². The van der Waals surface area contributed by atoms with Crippen LogP contribution in [-0.4, -0.2) is 18.7 Å². The molecule has 0 amide bonds. The molecule has 0 spiro atoms. The van der Waals surface area contributed by atoms with Gasteiger partial charge in [-0.2, -0.15) is 0 Å². The van der Waals surface area contributed by atoms with Crippen molar-refractivity contribution in [3.63, 3.8) is 0 Å². The van der Waals surface area contributed by atoms with Crippen molar-refractivity contribution in [1.82, 2.24) is 0 Å². The van der Waals surface area contributed by atoms with E-state index in [0.717, 1.165) is 0 Å². The van der Waals surface area contributed by atoms with E-state index >= 15 is 0 Å². The molecule has 0 N–H and O–H groups in total. The number of hydrogen-bond acceptors (Lipinski definition) is 3. The molecule has 2 rings (SSSR count). The molecule has 1 aliphatic carbocycles. The highest BCUT2D eigenvalue weighted by Crippen LogP contribution is 2.26. The topological polar surface area (TPSA) is 43.4 Å². The summed E-state index contributed by atoms with van der Waals surface area (Å²) in [6, 6.07) is 5.64. The molecule has 1 aliphatic rings. The molecule has 0 saturated carbocycles. The number of hydrogen-bond donors (Lipinski definition) is 0. The van der Waals surface area contributed by atoms with Gasteiger partial charge in [0.05, 0.1) is 12.7 Å². The van der Waals surface area contributed by atoms with Gasteiger partial charge in [0, 0.05) is 12.8 Å². The first kappa shape index (κ1) is 12.5. The number of ether oxygens (including phenoxy) is 1. The van der Waals surface area contributed by atoms with Gasteiger partial charge < -0.3 is 4.74 Å². The zero-order valence-electron chi connectivity index (χ0n) is 10.0. The summed E-state index contributed by atoms with van der Waals surface area (Å²) in [6.45, 7) is 0. The maximum atomic E-state index is 13.6. The summed E-state index contributed by atoms with van der Waals surface area (Å²) in [4.78, 5) is 24.0. The maximum Gasteiger partial charge on any atom is 0.202 e. The van der Waals surface area contributed by atoms with E-state index in [2.05, 4.69) is 0 Å². The lowest BCUT2D eigenvalue weighted by Crippen LogP contribution is -2.21. The van der Waals surface area contributed by atoms with Crippen molar-refractivity contribution in [2.75, 3.05) is 7.11 Å². The first-order chi connectivity index (χ1) is 8.65. The molecule has 0 aliphatic heterocycles. The van der Waals surface area contributed by atoms with Gasteiger partial charge >= 0.3 is 0 Å². The van der Waals surface area contributed by atoms with E-state index in [9.17, 15) is 14.0 Å². The number of benzene rings is 1. The zero-order chi connectivity index (χ0) is 13.1. The van der Waals surface area contributed by atoms with E-state index in [4.69, 9.17) is 4.74 Å². The first-order valence-electron chi connectivity index (χ1n) is 5.74. The van der Waals surface area contributed by atoms with Gasteiger partial charge in [0.2, 0.25) is 5.78 Å². The van der Waals surface area contributed by atoms with E-state index in [1.807, 2.05) is 0 Å². The van der Waals surface area contributed by atoms with Crippen LogP contribution in [-0.2, 0) is 9.53 Å². The highest BCUT2D eigenvalue weighted by molar-refractivity contribution is 6.27. The van der Waals surface area contributed by atoms with Gasteiger partial charge in [-0.1, -0.05) is 12.1 Å². The predicted octanol–water partition coefficient (Wildman–Crippen LogP) is 2.66. The van der Waals surface area contributed by atoms with Gasteiger partial charge in [-0.15, -0.1) is 0 Å². The molecule has 0 saturated heterocycles. The summed E-state index contributed by atoms with van der Waals surface area (Å²) >= 11 is 0. The summed E-state index contributed by atoms with van der Waals surface area (Å²) in [6.07, 6.45) is 1.51. The lowest BCUT2D eigenvalue weighted by Gasteiger charge is -2.17. The molecule has 0 fully saturated rings. The van der Waals surface area contributed by atoms with E-state index in [-0.39, 0.29) is 16.9 Å². The standard InChI is InChI=1S/C14H13FO3/c1-18-12-8-4-7-11(16)13(12)14(17)9-5-2-3-6-10(9)15/h2-3,5-6H,4,7-8H2,1H3. The molecule has 4 heteroatoms. The van der Waals surface area contributed by atoms with Crippen LogP contribution in [0.1, 0.15) is 29.6 Å². The maximum absolute atomic E-state index is 13.6. The number of carbonyl (C=O) groups is 2. The molecule has 0 atom stereocenters. The van der Waals surface area contributed by atoms with E-state index < -0.39 is 11.6 Å². The molecule has 18 heavy (non-hydrogen) atoms. The Labute approximate surface area is 104 Å². The minimum atomic E-state index is -0.621. The molecular formula is C14H13FO3. The minimum Gasteiger partial charge on any atom is -0.500 e. The normalized spacial score (nSPS) is 15.8. The Morgan fingerprint density at radius 2 is 2.00 bits per heavy atom. The van der Waals surface area contributed by atoms with Crippen molar-refractivity contribution < 1.29 is 18.7 Å². The van der Waals surface area contributed by atoms with Crippen molar-refractivity contribution in [2.45, 2.75) is 19.3 Å². The van der Waals surface area contributed by atoms with Crippen molar-refractivity contribution in [1.29, 1.82) is 0 Å². The summed E-state index contributed by atoms with van der Waals surface area (Å²) < 4.78 is 18.6. The summed E-state index contributed by atoms with van der Waals surface area (Å²) in [7, 11) is 1.42. The Bertz CT molecular complexity index is 532. The average molecular weight is 248 g/mol. The Morgan fingerprint density at radius 1 is 1.28 bits per heavy atom. The van der Waals surface area contributed by atoms with Gasteiger partial charge in [0.15, 0.2) is 5.78 Å². The Morgan fingerprint density at radius 3 is 2.67 bits per heavy atom. The summed E-state index contributed by atoms with van der Waals surface area (Å²) in [5, 5.41) is 0. The van der Waals surface area contributed by atoms with Gasteiger partial charge in [-0.3, -0.25) is 9.59 Å². The molecule has 3 nitrogen and oxygen atoms in total. The van der Waals surface area contributed by atoms with Crippen molar-refractivity contribution in [3.05, 3.63) is 47.0 Å². The molecule has 1 aromatic carbocycles. The van der Waals surface area contributed by atoms with Crippen LogP contribution < -0.4 is 0 Å². The Hall–Kier alpha value is -1.97. The molecule has 94 valence electrons. The number of ketones is 2. The van der Waals surface area contributed by atoms with Crippen LogP contribution >= 0.6 is 0 Å². The number of carbonyl (C=O) groups excluding carboxylic acids is 2. The number of halogens is 1. The molecular weight excluding hydrogens is 235 g/mol. The quantitative estimate of drug-likeness (QED) is 0.610. The van der Waals surface area contributed by atoms with Crippen LogP contribution in [0.25, 0.3) is 0 Å². The summed E-state index contributed by atoms with van der Waals surface area (Å²) in [5.74, 6) is -1.12. The highest BCUT2D eigenvalue weighted by atomic mass is 19.1. The fraction of sp³-hybridized carbons (Fsp3) is 0.286. The molecule has 0 heterocycles. The van der Waals surface area contributed by atoms with Gasteiger partial charge in [0.1, 0.15) is 17.1 Å². The molecule has 1 aromatic rings. The monoisotopic (exact) mass is 248 g/mol. The van der Waals surface area contributed by atoms with E-state index in [1.54, 1.807) is 6.07 Å². The molecule has 0 radical (unpaired) electrons. The van der Waals surface area contributed by atoms with Crippen molar-refractivity contribution >= 4 is 11.6 Å². The second kappa shape index (κ2) is 5.12. The Balaban J connectivity index is 2.47. The minimum absolute atomic E-state index is 0.00569. The second-order valence-corrected chi connectivity index (χ2v) is 4.09. The van der Waals surface area contributed by atoms with Crippen LogP contribution in [0.4, 0.5) is 4.39 Å². The number of rotatable bonds is 3. The van der Waals surface area contributed by atoms with Crippen molar-refractivity contribution in [3.8, 4) is 0 Å². The van der Waals surface area contributed by atoms with Gasteiger partial charge in [-0.05, 0) is 18.6 Å². The smallest absolute Gasteiger partial charge is 0.202 e. The third-order valence-electron chi connectivity index (χ3n) is 2.96. The van der Waals surface area contributed by atoms with Crippen LogP contribution in [0.3, 0.4) is 0 Å². The van der Waals surface area contributed by atoms with Crippen LogP contribution in [0.15, 0.2) is 35.6 Å². The number of methoxy groups -OCH3 is 1. The van der Waals surface area contributed by atoms with Crippen molar-refractivity contribution in [2.24, 2.45) is 0 Å². The predicted molar refractivity (Wildman–Crippen MR) is 63.6 cm³/mol. The molecule has 0 aromatic heterocycles. The lowest BCUT2D eigenvalue weighted by atomic mass is 9.90. The largest absolute Gasteiger partial charge is 0.500 e. The van der Waals surface area contributed by atoms with E-state index in [1.165, 1.54) is 25.3 Å².